The number of aliphatic hydroxyl groups is 1. The van der Waals surface area contributed by atoms with E-state index in [9.17, 15) is 9.90 Å². The number of carbonyl (C=O) groups is 1. The Labute approximate surface area is 144 Å². The standard InChI is InChI=1S/C20H28O4/c1-2-17(21)13-10-8-6-4-3-5-7-9-11-14-18-19(24-18)15-12-16-20(22)23/h3,5-11,13-14,17-19,21H,2,4,12,15-16H2,1H3,(H,22,23)/b5-3-,8-6-,9-7+,13-10+,14-11+/t17-,18+,19-/m0/s1. The third-order valence-corrected chi connectivity index (χ3v) is 3.54. The summed E-state index contributed by atoms with van der Waals surface area (Å²) in [6.07, 6.45) is 22.7. The molecule has 1 rings (SSSR count). The highest BCUT2D eigenvalue weighted by molar-refractivity contribution is 5.66. The highest BCUT2D eigenvalue weighted by atomic mass is 16.6. The maximum absolute atomic E-state index is 10.4. The predicted octanol–water partition coefficient (Wildman–Crippen LogP) is 3.95. The van der Waals surface area contributed by atoms with Gasteiger partial charge in [-0.3, -0.25) is 4.79 Å². The fourth-order valence-electron chi connectivity index (χ4n) is 2.04. The van der Waals surface area contributed by atoms with Crippen LogP contribution in [0.3, 0.4) is 0 Å². The molecule has 1 fully saturated rings. The van der Waals surface area contributed by atoms with E-state index in [1.54, 1.807) is 6.08 Å². The van der Waals surface area contributed by atoms with E-state index in [1.165, 1.54) is 0 Å². The average molecular weight is 332 g/mol. The van der Waals surface area contributed by atoms with E-state index < -0.39 is 5.97 Å². The van der Waals surface area contributed by atoms with Crippen molar-refractivity contribution in [2.45, 2.75) is 57.3 Å². The largest absolute Gasteiger partial charge is 0.481 e. The Bertz CT molecular complexity index is 500. The molecule has 0 radical (unpaired) electrons. The molecule has 132 valence electrons. The zero-order valence-electron chi connectivity index (χ0n) is 14.3. The van der Waals surface area contributed by atoms with Gasteiger partial charge in [0.25, 0.3) is 0 Å². The monoisotopic (exact) mass is 332 g/mol. The molecule has 1 aliphatic heterocycles. The maximum Gasteiger partial charge on any atom is 0.303 e. The van der Waals surface area contributed by atoms with Gasteiger partial charge in [0.1, 0.15) is 6.10 Å². The van der Waals surface area contributed by atoms with Crippen molar-refractivity contribution in [2.75, 3.05) is 0 Å². The fourth-order valence-corrected chi connectivity index (χ4v) is 2.04. The minimum absolute atomic E-state index is 0.139. The van der Waals surface area contributed by atoms with Crippen molar-refractivity contribution in [1.82, 2.24) is 0 Å². The number of allylic oxidation sites excluding steroid dienone is 8. The summed E-state index contributed by atoms with van der Waals surface area (Å²) in [5.41, 5.74) is 0. The van der Waals surface area contributed by atoms with Crippen LogP contribution in [-0.2, 0) is 9.53 Å². The van der Waals surface area contributed by atoms with Crippen molar-refractivity contribution in [3.63, 3.8) is 0 Å². The van der Waals surface area contributed by atoms with Crippen LogP contribution in [0.25, 0.3) is 0 Å². The van der Waals surface area contributed by atoms with Gasteiger partial charge >= 0.3 is 5.97 Å². The predicted molar refractivity (Wildman–Crippen MR) is 96.8 cm³/mol. The maximum atomic E-state index is 10.4. The lowest BCUT2D eigenvalue weighted by molar-refractivity contribution is -0.137. The number of hydrogen-bond acceptors (Lipinski definition) is 3. The van der Waals surface area contributed by atoms with E-state index in [0.717, 1.165) is 19.3 Å². The first-order valence-corrected chi connectivity index (χ1v) is 8.52. The van der Waals surface area contributed by atoms with Crippen LogP contribution in [0.2, 0.25) is 0 Å². The lowest BCUT2D eigenvalue weighted by Gasteiger charge is -1.95. The van der Waals surface area contributed by atoms with Crippen LogP contribution in [0.4, 0.5) is 0 Å². The van der Waals surface area contributed by atoms with Gasteiger partial charge < -0.3 is 14.9 Å². The highest BCUT2D eigenvalue weighted by Gasteiger charge is 2.35. The van der Waals surface area contributed by atoms with Crippen LogP contribution in [0.15, 0.2) is 60.8 Å². The Morgan fingerprint density at radius 2 is 1.83 bits per heavy atom. The third kappa shape index (κ3) is 10.8. The van der Waals surface area contributed by atoms with Gasteiger partial charge in [0.2, 0.25) is 0 Å². The molecule has 24 heavy (non-hydrogen) atoms. The molecule has 1 heterocycles. The first kappa shape index (κ1) is 20.1. The van der Waals surface area contributed by atoms with E-state index in [-0.39, 0.29) is 24.7 Å². The van der Waals surface area contributed by atoms with E-state index in [1.807, 2.05) is 61.6 Å². The zero-order valence-corrected chi connectivity index (χ0v) is 14.3. The van der Waals surface area contributed by atoms with E-state index in [2.05, 4.69) is 0 Å². The quantitative estimate of drug-likeness (QED) is 0.419. The topological polar surface area (TPSA) is 70.1 Å². The number of hydrogen-bond donors (Lipinski definition) is 2. The number of aliphatic carboxylic acids is 1. The first-order valence-electron chi connectivity index (χ1n) is 8.52. The van der Waals surface area contributed by atoms with Crippen LogP contribution < -0.4 is 0 Å². The SMILES string of the molecule is CC[C@H](O)/C=C/C=C\C\C=C/C=C/C=C/[C@H]1O[C@H]1CCCC(=O)O. The number of rotatable bonds is 12. The van der Waals surface area contributed by atoms with Crippen molar-refractivity contribution in [3.05, 3.63) is 60.8 Å². The van der Waals surface area contributed by atoms with Crippen molar-refractivity contribution in [2.24, 2.45) is 0 Å². The van der Waals surface area contributed by atoms with Crippen LogP contribution in [-0.4, -0.2) is 34.5 Å². The number of epoxide rings is 1. The summed E-state index contributed by atoms with van der Waals surface area (Å²) in [6, 6.07) is 0. The van der Waals surface area contributed by atoms with Crippen molar-refractivity contribution in [1.29, 1.82) is 0 Å². The van der Waals surface area contributed by atoms with Gasteiger partial charge in [-0.25, -0.2) is 0 Å². The van der Waals surface area contributed by atoms with Crippen LogP contribution in [0.5, 0.6) is 0 Å². The fraction of sp³-hybridized carbons (Fsp3) is 0.450. The summed E-state index contributed by atoms with van der Waals surface area (Å²) < 4.78 is 5.44. The van der Waals surface area contributed by atoms with Crippen LogP contribution in [0.1, 0.15) is 39.0 Å². The molecular formula is C20H28O4. The normalized spacial score (nSPS) is 22.6. The number of ether oxygens (including phenoxy) is 1. The van der Waals surface area contributed by atoms with Gasteiger partial charge in [-0.15, -0.1) is 0 Å². The molecule has 0 saturated carbocycles. The molecule has 0 aliphatic carbocycles. The molecule has 0 aromatic rings. The summed E-state index contributed by atoms with van der Waals surface area (Å²) in [7, 11) is 0. The molecule has 0 aromatic heterocycles. The number of aliphatic hydroxyl groups excluding tert-OH is 1. The number of carboxylic acids is 1. The summed E-state index contributed by atoms with van der Waals surface area (Å²) in [5.74, 6) is -0.748. The van der Waals surface area contributed by atoms with Gasteiger partial charge in [-0.05, 0) is 25.7 Å². The Kier molecular flexibility index (Phi) is 10.5. The molecule has 2 N–H and O–H groups in total. The second-order valence-electron chi connectivity index (χ2n) is 5.65. The molecule has 0 spiro atoms. The highest BCUT2D eigenvalue weighted by Crippen LogP contribution is 2.28. The van der Waals surface area contributed by atoms with Crippen molar-refractivity contribution in [3.8, 4) is 0 Å². The van der Waals surface area contributed by atoms with Gasteiger partial charge in [0.15, 0.2) is 0 Å². The molecule has 3 atom stereocenters. The molecule has 0 bridgehead atoms. The van der Waals surface area contributed by atoms with E-state index in [4.69, 9.17) is 9.84 Å². The van der Waals surface area contributed by atoms with Crippen molar-refractivity contribution >= 4 is 5.97 Å². The molecule has 0 aromatic carbocycles. The second-order valence-corrected chi connectivity index (χ2v) is 5.65. The van der Waals surface area contributed by atoms with Gasteiger partial charge in [0.05, 0.1) is 12.2 Å². The minimum Gasteiger partial charge on any atom is -0.481 e. The smallest absolute Gasteiger partial charge is 0.303 e. The lowest BCUT2D eigenvalue weighted by atomic mass is 10.1. The van der Waals surface area contributed by atoms with Crippen LogP contribution >= 0.6 is 0 Å². The lowest BCUT2D eigenvalue weighted by Crippen LogP contribution is -1.97. The number of carboxylic acid groups (broad SMARTS) is 1. The molecule has 1 saturated heterocycles. The Morgan fingerprint density at radius 1 is 1.12 bits per heavy atom. The molecule has 0 amide bonds. The molecule has 0 unspecified atom stereocenters. The van der Waals surface area contributed by atoms with Crippen molar-refractivity contribution < 1.29 is 19.7 Å². The Hall–Kier alpha value is -1.91. The molecule has 4 heteroatoms. The molecular weight excluding hydrogens is 304 g/mol. The van der Waals surface area contributed by atoms with E-state index in [0.29, 0.717) is 6.42 Å². The third-order valence-electron chi connectivity index (χ3n) is 3.54. The second kappa shape index (κ2) is 12.5. The van der Waals surface area contributed by atoms with Gasteiger partial charge in [0, 0.05) is 6.42 Å². The molecule has 4 nitrogen and oxygen atoms in total. The Balaban J connectivity index is 2.06. The van der Waals surface area contributed by atoms with Gasteiger partial charge in [-0.2, -0.15) is 0 Å². The Morgan fingerprint density at radius 3 is 2.54 bits per heavy atom. The van der Waals surface area contributed by atoms with E-state index >= 15 is 0 Å². The average Bonchev–Trinajstić information content (AvgIpc) is 3.30. The summed E-state index contributed by atoms with van der Waals surface area (Å²) >= 11 is 0. The summed E-state index contributed by atoms with van der Waals surface area (Å²) in [4.78, 5) is 10.4. The van der Waals surface area contributed by atoms with Crippen LogP contribution in [0, 0.1) is 0 Å². The zero-order chi connectivity index (χ0) is 17.6. The minimum atomic E-state index is -0.748. The molecule has 1 aliphatic rings. The summed E-state index contributed by atoms with van der Waals surface area (Å²) in [5, 5.41) is 17.9. The van der Waals surface area contributed by atoms with Gasteiger partial charge in [-0.1, -0.05) is 67.7 Å². The summed E-state index contributed by atoms with van der Waals surface area (Å²) in [6.45, 7) is 1.94. The first-order chi connectivity index (χ1) is 11.6.